The second-order valence-corrected chi connectivity index (χ2v) is 25.9. The lowest BCUT2D eigenvalue weighted by molar-refractivity contribution is -0.371. The monoisotopic (exact) mass is 1110 g/mol. The van der Waals surface area contributed by atoms with Gasteiger partial charge in [-0.2, -0.15) is 0 Å². The molecule has 32 unspecified atom stereocenters. The Bertz CT molecular complexity index is 2300. The minimum atomic E-state index is -1.36. The third-order valence-electron chi connectivity index (χ3n) is 20.6. The van der Waals surface area contributed by atoms with Crippen LogP contribution in [0.15, 0.2) is 60.8 Å². The Balaban J connectivity index is 0.681. The zero-order chi connectivity index (χ0) is 54.7. The second-order valence-electron chi connectivity index (χ2n) is 25.9. The number of fused-ring (bicyclic) bond motifs is 11. The molecule has 0 bridgehead atoms. The van der Waals surface area contributed by atoms with Crippen molar-refractivity contribution >= 4 is 0 Å². The topological polar surface area (TPSA) is 241 Å². The first-order valence-electron chi connectivity index (χ1n) is 29.9. The SMILES string of the molecule is CC1CC2OC3C(CC2OC2CC4OC5CC=CCC6OC7C=CC8OC9C(CC8OC7C=CC6OC5CC(O)C4(C)OC2C1)OC1CC=CC(C=CC(O)CO)OC1C9O)OC1C(OC2(CCCO2)C(C)C1(C)O)C(O)C3C. The lowest BCUT2D eigenvalue weighted by Crippen LogP contribution is -2.69. The normalized spacial score (nSPS) is 56.4. The molecule has 13 aliphatic heterocycles. The molecule has 9 fully saturated rings. The van der Waals surface area contributed by atoms with Crippen LogP contribution in [0.25, 0.3) is 0 Å². The van der Waals surface area contributed by atoms with Crippen molar-refractivity contribution < 1.29 is 92.2 Å². The fourth-order valence-electron chi connectivity index (χ4n) is 15.9. The molecule has 9 saturated heterocycles. The van der Waals surface area contributed by atoms with Crippen molar-refractivity contribution in [3.8, 4) is 0 Å². The molecule has 0 saturated carbocycles. The Labute approximate surface area is 463 Å². The van der Waals surface area contributed by atoms with E-state index in [9.17, 15) is 30.6 Å². The molecular formula is C60H86O19. The van der Waals surface area contributed by atoms with Crippen LogP contribution in [0.5, 0.6) is 0 Å². The summed E-state index contributed by atoms with van der Waals surface area (Å²) < 4.78 is 88.8. The Kier molecular flexibility index (Phi) is 15.7. The molecule has 6 N–H and O–H groups in total. The summed E-state index contributed by atoms with van der Waals surface area (Å²) in [6, 6.07) is 0. The van der Waals surface area contributed by atoms with E-state index in [0.717, 1.165) is 6.42 Å². The molecule has 1 spiro atoms. The van der Waals surface area contributed by atoms with Crippen molar-refractivity contribution in [2.45, 2.75) is 281 Å². The minimum Gasteiger partial charge on any atom is -0.393 e. The van der Waals surface area contributed by atoms with E-state index in [1.54, 1.807) is 13.0 Å². The van der Waals surface area contributed by atoms with Gasteiger partial charge in [0.2, 0.25) is 0 Å². The molecular weight excluding hydrogens is 1020 g/mol. The highest BCUT2D eigenvalue weighted by Crippen LogP contribution is 2.53. The standard InChI is InChI=1S/C60H86O19/c1-29-22-41-43(25-47-53(76-41)30(2)51(64)56-57(77-47)58(4,66)31(3)60(79-56)20-9-21-67-60)73-45-27-50-59(5,78-46(45)23-29)49(63)26-44-35(74-50)12-7-6-11-34-36(71-44)16-17-38-37(69-34)18-19-39-42(70-38)24-48-55(75-39)52(65)54-40(72-48)13-8-10-33(68-54)15-14-32(62)28-61/h6-8,10,14-19,29-57,61-66H,9,11-13,20-28H2,1-5H3. The third-order valence-corrected chi connectivity index (χ3v) is 20.6. The summed E-state index contributed by atoms with van der Waals surface area (Å²) in [5.41, 5.74) is -2.41. The van der Waals surface area contributed by atoms with E-state index in [4.69, 9.17) is 61.6 Å². The van der Waals surface area contributed by atoms with Gasteiger partial charge < -0.3 is 92.2 Å². The van der Waals surface area contributed by atoms with Crippen molar-refractivity contribution in [1.29, 1.82) is 0 Å². The molecule has 32 atom stereocenters. The number of hydrogen-bond donors (Lipinski definition) is 6. The molecule has 79 heavy (non-hydrogen) atoms. The molecule has 0 aromatic rings. The van der Waals surface area contributed by atoms with E-state index in [0.29, 0.717) is 64.4 Å². The molecule has 19 heteroatoms. The maximum atomic E-state index is 12.4. The van der Waals surface area contributed by atoms with E-state index < -0.39 is 164 Å². The van der Waals surface area contributed by atoms with Gasteiger partial charge in [0, 0.05) is 43.9 Å². The molecule has 0 aromatic carbocycles. The van der Waals surface area contributed by atoms with Crippen LogP contribution in [0.3, 0.4) is 0 Å². The van der Waals surface area contributed by atoms with Crippen LogP contribution in [0.2, 0.25) is 0 Å². The Morgan fingerprint density at radius 2 is 1.19 bits per heavy atom. The minimum absolute atomic E-state index is 0.183. The van der Waals surface area contributed by atoms with Gasteiger partial charge in [0.05, 0.1) is 123 Å². The zero-order valence-corrected chi connectivity index (χ0v) is 46.2. The van der Waals surface area contributed by atoms with Crippen LogP contribution in [0.1, 0.15) is 105 Å². The van der Waals surface area contributed by atoms with Gasteiger partial charge >= 0.3 is 0 Å². The van der Waals surface area contributed by atoms with Gasteiger partial charge in [0.25, 0.3) is 0 Å². The second kappa shape index (κ2) is 22.1. The Morgan fingerprint density at radius 3 is 1.96 bits per heavy atom. The van der Waals surface area contributed by atoms with E-state index >= 15 is 0 Å². The highest BCUT2D eigenvalue weighted by atomic mass is 16.7. The van der Waals surface area contributed by atoms with Crippen LogP contribution < -0.4 is 0 Å². The average Bonchev–Trinajstić information content (AvgIpc) is 3.82. The Morgan fingerprint density at radius 1 is 0.557 bits per heavy atom. The predicted octanol–water partition coefficient (Wildman–Crippen LogP) is 3.11. The van der Waals surface area contributed by atoms with Gasteiger partial charge in [0.1, 0.15) is 60.5 Å². The maximum Gasteiger partial charge on any atom is 0.174 e. The van der Waals surface area contributed by atoms with Crippen LogP contribution >= 0.6 is 0 Å². The van der Waals surface area contributed by atoms with Crippen molar-refractivity contribution in [1.82, 2.24) is 0 Å². The van der Waals surface area contributed by atoms with Gasteiger partial charge in [-0.05, 0) is 58.3 Å². The van der Waals surface area contributed by atoms with Gasteiger partial charge in [-0.3, -0.25) is 0 Å². The average molecular weight is 1110 g/mol. The third kappa shape index (κ3) is 10.3. The first-order chi connectivity index (χ1) is 38.0. The van der Waals surface area contributed by atoms with Gasteiger partial charge in [-0.1, -0.05) is 81.5 Å². The van der Waals surface area contributed by atoms with Gasteiger partial charge in [-0.25, -0.2) is 0 Å². The van der Waals surface area contributed by atoms with Crippen molar-refractivity contribution in [2.24, 2.45) is 17.8 Å². The van der Waals surface area contributed by atoms with Crippen molar-refractivity contribution in [2.75, 3.05) is 13.2 Å². The fraction of sp³-hybridized carbons (Fsp3) is 0.833. The number of hydrogen-bond acceptors (Lipinski definition) is 19. The lowest BCUT2D eigenvalue weighted by Gasteiger charge is -2.55. The number of ether oxygens (including phenoxy) is 13. The zero-order valence-electron chi connectivity index (χ0n) is 46.2. The summed E-state index contributed by atoms with van der Waals surface area (Å²) >= 11 is 0. The maximum absolute atomic E-state index is 12.4. The molecule has 19 nitrogen and oxygen atoms in total. The Hall–Kier alpha value is -2.06. The van der Waals surface area contributed by atoms with Gasteiger partial charge in [0.15, 0.2) is 5.79 Å². The van der Waals surface area contributed by atoms with E-state index in [1.807, 2.05) is 57.2 Å². The number of aliphatic hydroxyl groups excluding tert-OH is 5. The fourth-order valence-corrected chi connectivity index (χ4v) is 15.9. The van der Waals surface area contributed by atoms with Crippen LogP contribution in [0, 0.1) is 17.8 Å². The molecule has 440 valence electrons. The first-order valence-corrected chi connectivity index (χ1v) is 29.9. The predicted molar refractivity (Wildman–Crippen MR) is 279 cm³/mol. The number of rotatable bonds is 3. The molecule has 0 aliphatic carbocycles. The molecule has 13 aliphatic rings. The summed E-state index contributed by atoms with van der Waals surface area (Å²) in [4.78, 5) is 0. The van der Waals surface area contributed by atoms with Crippen molar-refractivity contribution in [3.05, 3.63) is 60.8 Å². The van der Waals surface area contributed by atoms with Crippen molar-refractivity contribution in [3.63, 3.8) is 0 Å². The van der Waals surface area contributed by atoms with Gasteiger partial charge in [-0.15, -0.1) is 0 Å². The molecule has 0 radical (unpaired) electrons. The lowest BCUT2D eigenvalue weighted by atomic mass is 9.72. The largest absolute Gasteiger partial charge is 0.393 e. The molecule has 13 heterocycles. The van der Waals surface area contributed by atoms with Crippen LogP contribution in [-0.2, 0) is 61.6 Å². The highest BCUT2D eigenvalue weighted by molar-refractivity contribution is 5.18. The summed E-state index contributed by atoms with van der Waals surface area (Å²) in [7, 11) is 0. The summed E-state index contributed by atoms with van der Waals surface area (Å²) in [5, 5.41) is 67.6. The summed E-state index contributed by atoms with van der Waals surface area (Å²) in [6.07, 6.45) is 10.9. The smallest absolute Gasteiger partial charge is 0.174 e. The highest BCUT2D eigenvalue weighted by Gasteiger charge is 2.66. The van der Waals surface area contributed by atoms with E-state index in [2.05, 4.69) is 19.1 Å². The summed E-state index contributed by atoms with van der Waals surface area (Å²) in [5.74, 6) is -1.57. The molecule has 13 rings (SSSR count). The summed E-state index contributed by atoms with van der Waals surface area (Å²) in [6.45, 7) is 10.1. The van der Waals surface area contributed by atoms with Crippen LogP contribution in [0.4, 0.5) is 0 Å². The van der Waals surface area contributed by atoms with E-state index in [-0.39, 0.29) is 42.7 Å². The van der Waals surface area contributed by atoms with E-state index in [1.165, 1.54) is 6.08 Å². The number of aliphatic hydroxyl groups is 6. The molecule has 0 aromatic heterocycles. The first kappa shape index (κ1) is 56.1. The quantitative estimate of drug-likeness (QED) is 0.223. The van der Waals surface area contributed by atoms with Crippen LogP contribution in [-0.4, -0.2) is 220 Å². The molecule has 0 amide bonds.